The molecule has 1 aromatic carbocycles. The number of carbonyl (C=O) groups excluding carboxylic acids is 2. The fourth-order valence-electron chi connectivity index (χ4n) is 3.04. The molecule has 0 aliphatic heterocycles. The fraction of sp³-hybridized carbons (Fsp3) is 0.360. The minimum atomic E-state index is -0.415. The van der Waals surface area contributed by atoms with Gasteiger partial charge in [0.1, 0.15) is 5.75 Å². The van der Waals surface area contributed by atoms with Crippen LogP contribution in [0.2, 0.25) is 0 Å². The Morgan fingerprint density at radius 3 is 2.80 bits per heavy atom. The van der Waals surface area contributed by atoms with E-state index in [9.17, 15) is 9.59 Å². The third kappa shape index (κ3) is 8.25. The average Bonchev–Trinajstić information content (AvgIpc) is 3.26. The Bertz CT molecular complexity index is 1150. The predicted octanol–water partition coefficient (Wildman–Crippen LogP) is 6.10. The lowest BCUT2D eigenvalue weighted by molar-refractivity contribution is -0.140. The number of hydrogen-bond acceptors (Lipinski definition) is 10. The van der Waals surface area contributed by atoms with Crippen LogP contribution in [-0.4, -0.2) is 41.4 Å². The van der Waals surface area contributed by atoms with Gasteiger partial charge in [-0.15, -0.1) is 23.1 Å². The van der Waals surface area contributed by atoms with Gasteiger partial charge in [-0.05, 0) is 43.5 Å². The van der Waals surface area contributed by atoms with Crippen molar-refractivity contribution >= 4 is 46.0 Å². The van der Waals surface area contributed by atoms with Gasteiger partial charge in [-0.2, -0.15) is 0 Å². The average molecular weight is 516 g/mol. The van der Waals surface area contributed by atoms with Crippen molar-refractivity contribution in [1.29, 1.82) is 0 Å². The van der Waals surface area contributed by atoms with Crippen LogP contribution in [0.4, 0.5) is 10.9 Å². The molecule has 1 N–H and O–H groups in total. The summed E-state index contributed by atoms with van der Waals surface area (Å²) in [6.07, 6.45) is 2.90. The number of nitrogens with zero attached hydrogens (tertiary/aromatic N) is 2. The van der Waals surface area contributed by atoms with Crippen LogP contribution in [0.25, 0.3) is 0 Å². The number of nitrogens with one attached hydrogen (secondary N) is 1. The molecular formula is C25H29N3O5S2. The minimum Gasteiger partial charge on any atom is -0.469 e. The number of carbonyl (C=O) groups is 2. The van der Waals surface area contributed by atoms with Crippen LogP contribution in [0.5, 0.6) is 11.5 Å². The van der Waals surface area contributed by atoms with E-state index in [1.54, 1.807) is 37.4 Å². The summed E-state index contributed by atoms with van der Waals surface area (Å²) in [7, 11) is 1.37. The van der Waals surface area contributed by atoms with Crippen molar-refractivity contribution < 1.29 is 23.8 Å². The molecule has 10 heteroatoms. The summed E-state index contributed by atoms with van der Waals surface area (Å²) >= 11 is 2.97. The Kier molecular flexibility index (Phi) is 9.92. The fourth-order valence-corrected chi connectivity index (χ4v) is 4.58. The maximum atomic E-state index is 12.1. The number of rotatable bonds is 12. The monoisotopic (exact) mass is 515 g/mol. The van der Waals surface area contributed by atoms with Crippen molar-refractivity contribution in [2.24, 2.45) is 5.92 Å². The summed E-state index contributed by atoms with van der Waals surface area (Å²) in [5.74, 6) is 1.80. The summed E-state index contributed by atoms with van der Waals surface area (Å²) in [6, 6.07) is 8.64. The number of aromatic nitrogens is 2. The zero-order valence-corrected chi connectivity index (χ0v) is 21.8. The van der Waals surface area contributed by atoms with Crippen LogP contribution in [0, 0.1) is 5.92 Å². The number of thioether (sulfide) groups is 1. The summed E-state index contributed by atoms with van der Waals surface area (Å²) < 4.78 is 15.9. The first kappa shape index (κ1) is 26.5. The number of anilines is 2. The zero-order valence-electron chi connectivity index (χ0n) is 20.2. The van der Waals surface area contributed by atoms with Crippen molar-refractivity contribution in [3.8, 4) is 11.5 Å². The summed E-state index contributed by atoms with van der Waals surface area (Å²) in [6.45, 7) is 6.36. The molecule has 2 aromatic heterocycles. The molecule has 0 saturated carbocycles. The standard InChI is InChI=1S/C25H29N3O5S2/c1-5-32-24(30)17-7-6-8-19(12-17)33-21-13-20(34-10-9-22(29)31-4)14-26-23(21)28-25-27-18(15-35-25)11-16(2)3/h6-8,12-16H,5,9-11H2,1-4H3,(H,26,27,28). The first-order chi connectivity index (χ1) is 16.9. The number of benzene rings is 1. The second kappa shape index (κ2) is 13.1. The molecule has 3 aromatic rings. The van der Waals surface area contributed by atoms with Gasteiger partial charge in [0.25, 0.3) is 0 Å². The Hall–Kier alpha value is -3.11. The molecule has 0 aliphatic carbocycles. The van der Waals surface area contributed by atoms with Crippen molar-refractivity contribution in [1.82, 2.24) is 9.97 Å². The predicted molar refractivity (Wildman–Crippen MR) is 138 cm³/mol. The zero-order chi connectivity index (χ0) is 25.2. The van der Waals surface area contributed by atoms with Crippen LogP contribution < -0.4 is 10.1 Å². The van der Waals surface area contributed by atoms with E-state index in [1.165, 1.54) is 30.2 Å². The molecular weight excluding hydrogens is 486 g/mol. The van der Waals surface area contributed by atoms with Gasteiger partial charge in [-0.25, -0.2) is 14.8 Å². The van der Waals surface area contributed by atoms with Crippen LogP contribution in [0.1, 0.15) is 43.2 Å². The highest BCUT2D eigenvalue weighted by molar-refractivity contribution is 7.99. The molecule has 0 unspecified atom stereocenters. The van der Waals surface area contributed by atoms with Crippen molar-refractivity contribution in [2.45, 2.75) is 38.5 Å². The van der Waals surface area contributed by atoms with Crippen LogP contribution in [0.15, 0.2) is 46.8 Å². The molecule has 3 rings (SSSR count). The van der Waals surface area contributed by atoms with Crippen LogP contribution in [0.3, 0.4) is 0 Å². The molecule has 0 atom stereocenters. The Balaban J connectivity index is 1.84. The number of ether oxygens (including phenoxy) is 3. The number of methoxy groups -OCH3 is 1. The summed E-state index contributed by atoms with van der Waals surface area (Å²) in [5.41, 5.74) is 1.42. The van der Waals surface area contributed by atoms with Crippen molar-refractivity contribution in [2.75, 3.05) is 24.8 Å². The Labute approximate surface area is 213 Å². The molecule has 8 nitrogen and oxygen atoms in total. The number of esters is 2. The molecule has 0 amide bonds. The highest BCUT2D eigenvalue weighted by atomic mass is 32.2. The first-order valence-electron chi connectivity index (χ1n) is 11.2. The SMILES string of the molecule is CCOC(=O)c1cccc(Oc2cc(SCCC(=O)OC)cnc2Nc2nc(CC(C)C)cs2)c1. The number of pyridine rings is 1. The summed E-state index contributed by atoms with van der Waals surface area (Å²) in [4.78, 5) is 33.6. The third-order valence-corrected chi connectivity index (χ3v) is 6.37. The smallest absolute Gasteiger partial charge is 0.338 e. The maximum Gasteiger partial charge on any atom is 0.338 e. The molecule has 2 heterocycles. The van der Waals surface area contributed by atoms with Gasteiger partial charge in [0.05, 0.1) is 31.4 Å². The summed E-state index contributed by atoms with van der Waals surface area (Å²) in [5, 5.41) is 5.99. The van der Waals surface area contributed by atoms with Gasteiger partial charge < -0.3 is 19.5 Å². The maximum absolute atomic E-state index is 12.1. The topological polar surface area (TPSA) is 99.6 Å². The van der Waals surface area contributed by atoms with E-state index in [0.717, 1.165) is 17.0 Å². The second-order valence-corrected chi connectivity index (χ2v) is 9.94. The van der Waals surface area contributed by atoms with E-state index in [4.69, 9.17) is 14.2 Å². The van der Waals surface area contributed by atoms with Gasteiger partial charge in [0, 0.05) is 22.2 Å². The van der Waals surface area contributed by atoms with E-state index >= 15 is 0 Å². The largest absolute Gasteiger partial charge is 0.469 e. The Morgan fingerprint density at radius 1 is 1.23 bits per heavy atom. The van der Waals surface area contributed by atoms with Gasteiger partial charge in [0.2, 0.25) is 0 Å². The second-order valence-electron chi connectivity index (χ2n) is 7.91. The highest BCUT2D eigenvalue weighted by Crippen LogP contribution is 2.35. The lowest BCUT2D eigenvalue weighted by Gasteiger charge is -2.13. The molecule has 0 radical (unpaired) electrons. The van der Waals surface area contributed by atoms with E-state index in [-0.39, 0.29) is 12.4 Å². The molecule has 186 valence electrons. The normalized spacial score (nSPS) is 10.8. The molecule has 0 bridgehead atoms. The third-order valence-electron chi connectivity index (χ3n) is 4.60. The van der Waals surface area contributed by atoms with Crippen molar-refractivity contribution in [3.63, 3.8) is 0 Å². The van der Waals surface area contributed by atoms with Crippen molar-refractivity contribution in [3.05, 3.63) is 53.2 Å². The van der Waals surface area contributed by atoms with E-state index in [2.05, 4.69) is 29.1 Å². The minimum absolute atomic E-state index is 0.267. The van der Waals surface area contributed by atoms with Crippen LogP contribution in [-0.2, 0) is 20.7 Å². The quantitative estimate of drug-likeness (QED) is 0.226. The van der Waals surface area contributed by atoms with Gasteiger partial charge in [-0.1, -0.05) is 19.9 Å². The molecule has 0 fully saturated rings. The lowest BCUT2D eigenvalue weighted by atomic mass is 10.1. The van der Waals surface area contributed by atoms with Crippen LogP contribution >= 0.6 is 23.1 Å². The Morgan fingerprint density at radius 2 is 2.06 bits per heavy atom. The number of thiazole rings is 1. The molecule has 0 spiro atoms. The van der Waals surface area contributed by atoms with Gasteiger partial charge in [-0.3, -0.25) is 4.79 Å². The van der Waals surface area contributed by atoms with E-state index in [0.29, 0.717) is 46.3 Å². The van der Waals surface area contributed by atoms with Gasteiger partial charge in [0.15, 0.2) is 16.7 Å². The highest BCUT2D eigenvalue weighted by Gasteiger charge is 2.14. The molecule has 0 aliphatic rings. The van der Waals surface area contributed by atoms with E-state index < -0.39 is 5.97 Å². The van der Waals surface area contributed by atoms with Gasteiger partial charge >= 0.3 is 11.9 Å². The van der Waals surface area contributed by atoms with E-state index in [1.807, 2.05) is 11.4 Å². The molecule has 0 saturated heterocycles. The molecule has 35 heavy (non-hydrogen) atoms. The lowest BCUT2D eigenvalue weighted by Crippen LogP contribution is -2.04. The number of hydrogen-bond donors (Lipinski definition) is 1. The first-order valence-corrected chi connectivity index (χ1v) is 13.1.